The Morgan fingerprint density at radius 2 is 1.90 bits per heavy atom. The van der Waals surface area contributed by atoms with Gasteiger partial charge in [0.15, 0.2) is 11.7 Å². The Kier molecular flexibility index (Phi) is 11.0. The molecule has 0 aliphatic rings. The Labute approximate surface area is 194 Å². The van der Waals surface area contributed by atoms with Crippen LogP contribution in [0.15, 0.2) is 40.7 Å². The van der Waals surface area contributed by atoms with E-state index < -0.39 is 21.9 Å². The van der Waals surface area contributed by atoms with E-state index >= 15 is 0 Å². The molecule has 7 nitrogen and oxygen atoms in total. The number of thiazole rings is 1. The van der Waals surface area contributed by atoms with Crippen molar-refractivity contribution in [1.82, 2.24) is 20.3 Å². The van der Waals surface area contributed by atoms with Crippen LogP contribution < -0.4 is 15.4 Å². The average molecular weight is 577 g/mol. The molecule has 30 heavy (non-hydrogen) atoms. The van der Waals surface area contributed by atoms with Crippen LogP contribution in [0.3, 0.4) is 0 Å². The fourth-order valence-corrected chi connectivity index (χ4v) is 3.79. The lowest BCUT2D eigenvalue weighted by Crippen LogP contribution is -2.41. The third-order valence-corrected chi connectivity index (χ3v) is 5.72. The minimum absolute atomic E-state index is 0. The summed E-state index contributed by atoms with van der Waals surface area (Å²) in [5, 5.41) is 6.92. The number of nitrogens with zero attached hydrogens (tertiary/aromatic N) is 2. The van der Waals surface area contributed by atoms with Crippen molar-refractivity contribution < 1.29 is 21.6 Å². The van der Waals surface area contributed by atoms with E-state index in [1.807, 2.05) is 37.3 Å². The maximum Gasteiger partial charge on any atom is 0.434 e. The number of sulfonamides is 1. The van der Waals surface area contributed by atoms with Gasteiger partial charge in [-0.25, -0.2) is 23.1 Å². The highest BCUT2D eigenvalue weighted by Crippen LogP contribution is 2.30. The predicted molar refractivity (Wildman–Crippen MR) is 122 cm³/mol. The third-order valence-electron chi connectivity index (χ3n) is 3.56. The summed E-state index contributed by atoms with van der Waals surface area (Å²) in [6.45, 7) is 2.57. The van der Waals surface area contributed by atoms with Gasteiger partial charge in [-0.1, -0.05) is 30.3 Å². The highest BCUT2D eigenvalue weighted by atomic mass is 127. The molecule has 3 N–H and O–H groups in total. The van der Waals surface area contributed by atoms with Crippen molar-refractivity contribution in [2.45, 2.75) is 26.2 Å². The third kappa shape index (κ3) is 9.57. The number of hydrogen-bond donors (Lipinski definition) is 3. The second-order valence-corrected chi connectivity index (χ2v) is 8.74. The van der Waals surface area contributed by atoms with Crippen LogP contribution >= 0.6 is 35.3 Å². The van der Waals surface area contributed by atoms with Gasteiger partial charge >= 0.3 is 6.18 Å². The Balaban J connectivity index is 0.00000450. The molecular formula is C17H23F3IN5O2S2. The average Bonchev–Trinajstić information content (AvgIpc) is 3.15. The molecule has 0 amide bonds. The van der Waals surface area contributed by atoms with Crippen LogP contribution in [0.4, 0.5) is 13.2 Å². The molecule has 1 heterocycles. The fourth-order valence-electron chi connectivity index (χ4n) is 2.17. The van der Waals surface area contributed by atoms with E-state index in [1.54, 1.807) is 0 Å². The second-order valence-electron chi connectivity index (χ2n) is 5.87. The number of alkyl halides is 3. The molecule has 0 saturated carbocycles. The molecule has 2 aromatic rings. The van der Waals surface area contributed by atoms with Crippen LogP contribution in [-0.4, -0.2) is 38.2 Å². The van der Waals surface area contributed by atoms with Gasteiger partial charge in [-0.3, -0.25) is 0 Å². The van der Waals surface area contributed by atoms with Crippen LogP contribution in [0, 0.1) is 0 Å². The summed E-state index contributed by atoms with van der Waals surface area (Å²) in [4.78, 5) is 7.66. The van der Waals surface area contributed by atoms with Crippen molar-refractivity contribution in [2.75, 3.05) is 18.8 Å². The summed E-state index contributed by atoms with van der Waals surface area (Å²) >= 11 is 0.869. The van der Waals surface area contributed by atoms with Gasteiger partial charge in [0.1, 0.15) is 5.01 Å². The molecule has 0 unspecified atom stereocenters. The minimum atomic E-state index is -4.48. The number of benzene rings is 1. The van der Waals surface area contributed by atoms with E-state index in [-0.39, 0.29) is 54.4 Å². The number of aliphatic imine (C=N–C) groups is 1. The molecule has 2 rings (SSSR count). The highest BCUT2D eigenvalue weighted by Gasteiger charge is 2.33. The lowest BCUT2D eigenvalue weighted by Gasteiger charge is -2.12. The minimum Gasteiger partial charge on any atom is -0.357 e. The Morgan fingerprint density at radius 1 is 1.20 bits per heavy atom. The Morgan fingerprint density at radius 3 is 2.50 bits per heavy atom. The Bertz CT molecular complexity index is 906. The van der Waals surface area contributed by atoms with E-state index in [0.29, 0.717) is 12.5 Å². The molecule has 0 atom stereocenters. The van der Waals surface area contributed by atoms with E-state index in [9.17, 15) is 21.6 Å². The number of hydrogen-bond acceptors (Lipinski definition) is 5. The molecule has 0 bridgehead atoms. The monoisotopic (exact) mass is 577 g/mol. The second kappa shape index (κ2) is 12.4. The van der Waals surface area contributed by atoms with Crippen molar-refractivity contribution in [1.29, 1.82) is 0 Å². The summed E-state index contributed by atoms with van der Waals surface area (Å²) in [6, 6.07) is 9.13. The number of guanidine groups is 1. The smallest absolute Gasteiger partial charge is 0.357 e. The van der Waals surface area contributed by atoms with Crippen LogP contribution in [-0.2, 0) is 29.3 Å². The number of aromatic nitrogens is 1. The van der Waals surface area contributed by atoms with Gasteiger partial charge in [-0.05, 0) is 12.5 Å². The van der Waals surface area contributed by atoms with Crippen molar-refractivity contribution >= 4 is 51.3 Å². The molecule has 1 aromatic heterocycles. The highest BCUT2D eigenvalue weighted by molar-refractivity contribution is 14.0. The zero-order valence-corrected chi connectivity index (χ0v) is 20.0. The molecule has 1 aromatic carbocycles. The largest absolute Gasteiger partial charge is 0.434 e. The summed E-state index contributed by atoms with van der Waals surface area (Å²) in [7, 11) is -3.50. The van der Waals surface area contributed by atoms with Gasteiger partial charge in [0, 0.05) is 25.0 Å². The van der Waals surface area contributed by atoms with Crippen molar-refractivity contribution in [3.8, 4) is 0 Å². The summed E-state index contributed by atoms with van der Waals surface area (Å²) in [6.07, 6.45) is -4.48. The van der Waals surface area contributed by atoms with Crippen LogP contribution in [0.25, 0.3) is 0 Å². The number of halogens is 4. The maximum atomic E-state index is 12.6. The van der Waals surface area contributed by atoms with E-state index in [2.05, 4.69) is 25.3 Å². The quantitative estimate of drug-likeness (QED) is 0.242. The lowest BCUT2D eigenvalue weighted by atomic mass is 10.2. The first-order valence-electron chi connectivity index (χ1n) is 8.74. The lowest BCUT2D eigenvalue weighted by molar-refractivity contribution is -0.140. The van der Waals surface area contributed by atoms with Crippen molar-refractivity contribution in [2.24, 2.45) is 4.99 Å². The van der Waals surface area contributed by atoms with Gasteiger partial charge in [0.2, 0.25) is 10.0 Å². The van der Waals surface area contributed by atoms with Gasteiger partial charge in [-0.2, -0.15) is 13.2 Å². The van der Waals surface area contributed by atoms with Crippen LogP contribution in [0.2, 0.25) is 0 Å². The fraction of sp³-hybridized carbons (Fsp3) is 0.412. The summed E-state index contributed by atoms with van der Waals surface area (Å²) in [5.41, 5.74) is -0.0955. The first-order valence-corrected chi connectivity index (χ1v) is 11.3. The molecule has 0 aliphatic carbocycles. The zero-order chi connectivity index (χ0) is 21.3. The van der Waals surface area contributed by atoms with E-state index in [1.165, 1.54) is 0 Å². The van der Waals surface area contributed by atoms with Gasteiger partial charge < -0.3 is 10.6 Å². The molecule has 0 aliphatic heterocycles. The van der Waals surface area contributed by atoms with Gasteiger partial charge in [-0.15, -0.1) is 35.3 Å². The predicted octanol–water partition coefficient (Wildman–Crippen LogP) is 2.95. The standard InChI is InChI=1S/C17H22F3N5O2S2.HI/c1-2-21-16(23-11-15-25-14(12-28-15)17(18,19)20)22-8-9-29(26,27)24-10-13-6-4-3-5-7-13;/h3-7,12,24H,2,8-11H2,1H3,(H2,21,22,23);1H. The van der Waals surface area contributed by atoms with Gasteiger partial charge in [0.05, 0.1) is 12.3 Å². The number of rotatable bonds is 9. The molecule has 0 saturated heterocycles. The number of nitrogens with one attached hydrogen (secondary N) is 3. The van der Waals surface area contributed by atoms with Crippen LogP contribution in [0.1, 0.15) is 23.2 Å². The SMILES string of the molecule is CCNC(=NCc1nc(C(F)(F)F)cs1)NCCS(=O)(=O)NCc1ccccc1.I. The van der Waals surface area contributed by atoms with Gasteiger partial charge in [0.25, 0.3) is 0 Å². The van der Waals surface area contributed by atoms with Crippen LogP contribution in [0.5, 0.6) is 0 Å². The maximum absolute atomic E-state index is 12.6. The summed E-state index contributed by atoms with van der Waals surface area (Å²) in [5.74, 6) is 0.120. The first kappa shape index (κ1) is 26.6. The first-order chi connectivity index (χ1) is 13.7. The Hall–Kier alpha value is -1.45. The topological polar surface area (TPSA) is 95.5 Å². The van der Waals surface area contributed by atoms with E-state index in [0.717, 1.165) is 22.3 Å². The van der Waals surface area contributed by atoms with Crippen molar-refractivity contribution in [3.05, 3.63) is 52.0 Å². The zero-order valence-electron chi connectivity index (χ0n) is 16.1. The molecule has 0 radical (unpaired) electrons. The van der Waals surface area contributed by atoms with Crippen molar-refractivity contribution in [3.63, 3.8) is 0 Å². The molecule has 13 heteroatoms. The molecule has 0 fully saturated rings. The molecule has 168 valence electrons. The molecular weight excluding hydrogens is 554 g/mol. The summed E-state index contributed by atoms with van der Waals surface area (Å²) < 4.78 is 64.5. The van der Waals surface area contributed by atoms with E-state index in [4.69, 9.17) is 0 Å². The molecule has 0 spiro atoms. The normalized spacial score (nSPS) is 12.3.